The molecular formula is C21H17F2N5O. The Kier molecular flexibility index (Phi) is 4.38. The molecule has 8 heteroatoms. The van der Waals surface area contributed by atoms with Gasteiger partial charge in [-0.05, 0) is 53.9 Å². The number of nitrogen functional groups attached to an aromatic ring is 1. The van der Waals surface area contributed by atoms with Crippen molar-refractivity contribution in [2.24, 2.45) is 5.73 Å². The number of benzene rings is 3. The summed E-state index contributed by atoms with van der Waals surface area (Å²) >= 11 is 0. The van der Waals surface area contributed by atoms with Crippen LogP contribution in [0.5, 0.6) is 0 Å². The van der Waals surface area contributed by atoms with Crippen molar-refractivity contribution in [2.75, 3.05) is 10.6 Å². The minimum Gasteiger partial charge on any atom is -0.382 e. The number of nitrogens with zero attached hydrogens (tertiary/aromatic N) is 2. The van der Waals surface area contributed by atoms with Crippen LogP contribution in [-0.2, 0) is 0 Å². The first-order valence-electron chi connectivity index (χ1n) is 8.75. The van der Waals surface area contributed by atoms with Crippen LogP contribution in [-0.4, -0.2) is 16.2 Å². The van der Waals surface area contributed by atoms with E-state index in [2.05, 4.69) is 10.2 Å². The smallest absolute Gasteiger partial charge is 0.324 e. The van der Waals surface area contributed by atoms with Crippen molar-refractivity contribution >= 4 is 34.1 Å². The van der Waals surface area contributed by atoms with E-state index in [-0.39, 0.29) is 11.4 Å². The lowest BCUT2D eigenvalue weighted by molar-refractivity contribution is 0.255. The zero-order valence-electron chi connectivity index (χ0n) is 15.4. The van der Waals surface area contributed by atoms with E-state index in [1.54, 1.807) is 31.2 Å². The average molecular weight is 393 g/mol. The molecule has 2 amide bonds. The molecular weight excluding hydrogens is 376 g/mol. The van der Waals surface area contributed by atoms with Crippen molar-refractivity contribution < 1.29 is 13.6 Å². The molecule has 0 saturated heterocycles. The maximum atomic E-state index is 15.1. The van der Waals surface area contributed by atoms with Gasteiger partial charge in [0.25, 0.3) is 0 Å². The number of halogens is 2. The van der Waals surface area contributed by atoms with Crippen LogP contribution in [0.2, 0.25) is 0 Å². The quantitative estimate of drug-likeness (QED) is 0.473. The van der Waals surface area contributed by atoms with Gasteiger partial charge in [-0.2, -0.15) is 5.10 Å². The molecule has 0 spiro atoms. The third-order valence-corrected chi connectivity index (χ3v) is 4.68. The van der Waals surface area contributed by atoms with Crippen molar-refractivity contribution in [2.45, 2.75) is 6.92 Å². The summed E-state index contributed by atoms with van der Waals surface area (Å²) < 4.78 is 29.4. The first kappa shape index (κ1) is 18.4. The van der Waals surface area contributed by atoms with Crippen molar-refractivity contribution in [1.29, 1.82) is 0 Å². The number of hydrogen-bond donors (Lipinski definition) is 3. The van der Waals surface area contributed by atoms with E-state index in [1.807, 2.05) is 6.07 Å². The summed E-state index contributed by atoms with van der Waals surface area (Å²) in [5, 5.41) is 7.45. The van der Waals surface area contributed by atoms with Gasteiger partial charge < -0.3 is 11.5 Å². The normalized spacial score (nSPS) is 11.0. The van der Waals surface area contributed by atoms with Crippen molar-refractivity contribution in [3.8, 4) is 11.1 Å². The number of aromatic nitrogens is 2. The molecule has 0 aliphatic carbocycles. The fourth-order valence-corrected chi connectivity index (χ4v) is 3.36. The summed E-state index contributed by atoms with van der Waals surface area (Å²) in [6.45, 7) is 1.73. The lowest BCUT2D eigenvalue weighted by atomic mass is 10.0. The Morgan fingerprint density at radius 2 is 1.83 bits per heavy atom. The zero-order chi connectivity index (χ0) is 20.7. The van der Waals surface area contributed by atoms with E-state index < -0.39 is 17.7 Å². The summed E-state index contributed by atoms with van der Waals surface area (Å²) in [6.07, 6.45) is 0. The minimum atomic E-state index is -0.998. The number of amides is 2. The molecule has 0 bridgehead atoms. The second-order valence-corrected chi connectivity index (χ2v) is 6.63. The Hall–Kier alpha value is -3.94. The van der Waals surface area contributed by atoms with E-state index >= 15 is 4.39 Å². The number of anilines is 3. The van der Waals surface area contributed by atoms with Crippen LogP contribution in [0.4, 0.5) is 30.8 Å². The highest BCUT2D eigenvalue weighted by molar-refractivity contribution is 6.02. The van der Waals surface area contributed by atoms with Crippen LogP contribution in [0.1, 0.15) is 5.56 Å². The molecule has 4 aromatic rings. The molecule has 0 saturated carbocycles. The Labute approximate surface area is 164 Å². The average Bonchev–Trinajstić information content (AvgIpc) is 3.07. The number of nitrogens with two attached hydrogens (primary N) is 2. The molecule has 0 radical (unpaired) electrons. The Morgan fingerprint density at radius 1 is 1.03 bits per heavy atom. The molecule has 1 aromatic heterocycles. The number of carbonyl (C=O) groups excluding carboxylic acids is 1. The number of urea groups is 1. The van der Waals surface area contributed by atoms with Crippen LogP contribution < -0.4 is 16.4 Å². The number of carbonyl (C=O) groups is 1. The fourth-order valence-electron chi connectivity index (χ4n) is 3.36. The Balaban J connectivity index is 1.85. The van der Waals surface area contributed by atoms with Crippen LogP contribution in [0.3, 0.4) is 0 Å². The van der Waals surface area contributed by atoms with Crippen molar-refractivity contribution in [1.82, 2.24) is 10.2 Å². The largest absolute Gasteiger partial charge is 0.382 e. The number of hydrogen-bond acceptors (Lipinski definition) is 3. The second kappa shape index (κ2) is 6.90. The lowest BCUT2D eigenvalue weighted by Crippen LogP contribution is -2.32. The Morgan fingerprint density at radius 3 is 2.55 bits per heavy atom. The summed E-state index contributed by atoms with van der Waals surface area (Å²) in [6, 6.07) is 12.8. The standard InChI is InChI=1S/C21H17F2N5O/c1-11-5-7-14(22)18(9-11)28(21(25)29)17-8-6-12(10-15(17)23)13-3-2-4-16-19(13)20(24)27-26-16/h2-10H,1H3,(H2,25,29)(H3,24,26,27). The van der Waals surface area contributed by atoms with Crippen LogP contribution >= 0.6 is 0 Å². The molecule has 5 N–H and O–H groups in total. The molecule has 0 unspecified atom stereocenters. The highest BCUT2D eigenvalue weighted by atomic mass is 19.1. The molecule has 0 atom stereocenters. The van der Waals surface area contributed by atoms with Gasteiger partial charge in [0.15, 0.2) is 5.82 Å². The molecule has 29 heavy (non-hydrogen) atoms. The summed E-state index contributed by atoms with van der Waals surface area (Å²) in [4.78, 5) is 12.9. The highest BCUT2D eigenvalue weighted by Crippen LogP contribution is 2.36. The van der Waals surface area contributed by atoms with Gasteiger partial charge in [0.05, 0.1) is 22.3 Å². The lowest BCUT2D eigenvalue weighted by Gasteiger charge is -2.22. The van der Waals surface area contributed by atoms with Crippen molar-refractivity contribution in [3.63, 3.8) is 0 Å². The Bertz CT molecular complexity index is 1250. The fraction of sp³-hybridized carbons (Fsp3) is 0.0476. The molecule has 0 aliphatic rings. The maximum absolute atomic E-state index is 15.1. The van der Waals surface area contributed by atoms with Gasteiger partial charge in [-0.3, -0.25) is 10.00 Å². The topological polar surface area (TPSA) is 101 Å². The van der Waals surface area contributed by atoms with E-state index in [4.69, 9.17) is 11.5 Å². The summed E-state index contributed by atoms with van der Waals surface area (Å²) in [7, 11) is 0. The molecule has 3 aromatic carbocycles. The zero-order valence-corrected chi connectivity index (χ0v) is 15.4. The van der Waals surface area contributed by atoms with Gasteiger partial charge >= 0.3 is 6.03 Å². The highest BCUT2D eigenvalue weighted by Gasteiger charge is 2.23. The monoisotopic (exact) mass is 393 g/mol. The first-order chi connectivity index (χ1) is 13.9. The maximum Gasteiger partial charge on any atom is 0.324 e. The van der Waals surface area contributed by atoms with E-state index in [0.29, 0.717) is 33.4 Å². The molecule has 0 fully saturated rings. The molecule has 4 rings (SSSR count). The van der Waals surface area contributed by atoms with Gasteiger partial charge in [0.2, 0.25) is 0 Å². The third-order valence-electron chi connectivity index (χ3n) is 4.68. The number of aromatic amines is 1. The number of primary amides is 1. The second-order valence-electron chi connectivity index (χ2n) is 6.63. The summed E-state index contributed by atoms with van der Waals surface area (Å²) in [5.74, 6) is -1.13. The van der Waals surface area contributed by atoms with Gasteiger partial charge in [-0.15, -0.1) is 0 Å². The molecule has 6 nitrogen and oxygen atoms in total. The van der Waals surface area contributed by atoms with Crippen molar-refractivity contribution in [3.05, 3.63) is 71.8 Å². The van der Waals surface area contributed by atoms with Crippen LogP contribution in [0.15, 0.2) is 54.6 Å². The minimum absolute atomic E-state index is 0.120. The number of fused-ring (bicyclic) bond motifs is 1. The number of aryl methyl sites for hydroxylation is 1. The van der Waals surface area contributed by atoms with Gasteiger partial charge in [0, 0.05) is 0 Å². The van der Waals surface area contributed by atoms with Crippen LogP contribution in [0, 0.1) is 18.6 Å². The summed E-state index contributed by atoms with van der Waals surface area (Å²) in [5.41, 5.74) is 13.7. The van der Waals surface area contributed by atoms with E-state index in [0.717, 1.165) is 4.90 Å². The van der Waals surface area contributed by atoms with E-state index in [9.17, 15) is 9.18 Å². The molecule has 1 heterocycles. The predicted octanol–water partition coefficient (Wildman–Crippen LogP) is 4.62. The third kappa shape index (κ3) is 3.14. The number of H-pyrrole nitrogens is 1. The molecule has 0 aliphatic heterocycles. The van der Waals surface area contributed by atoms with Gasteiger partial charge in [0.1, 0.15) is 11.6 Å². The predicted molar refractivity (Wildman–Crippen MR) is 109 cm³/mol. The SMILES string of the molecule is Cc1ccc(F)c(N(C(N)=O)c2ccc(-c3cccc4[nH]nc(N)c34)cc2F)c1. The number of nitrogens with one attached hydrogen (secondary N) is 1. The number of rotatable bonds is 3. The van der Waals surface area contributed by atoms with E-state index in [1.165, 1.54) is 24.3 Å². The first-order valence-corrected chi connectivity index (χ1v) is 8.75. The van der Waals surface area contributed by atoms with Gasteiger partial charge in [-0.25, -0.2) is 13.6 Å². The molecule has 146 valence electrons. The van der Waals surface area contributed by atoms with Crippen LogP contribution in [0.25, 0.3) is 22.0 Å². The van der Waals surface area contributed by atoms with Gasteiger partial charge in [-0.1, -0.05) is 24.3 Å².